The van der Waals surface area contributed by atoms with Gasteiger partial charge in [-0.25, -0.2) is 0 Å². The van der Waals surface area contributed by atoms with Crippen molar-refractivity contribution in [1.29, 1.82) is 0 Å². The fraction of sp³-hybridized carbons (Fsp3) is 0.333. The summed E-state index contributed by atoms with van der Waals surface area (Å²) in [6.45, 7) is 7.00. The molecular weight excluding hydrogens is 210 g/mol. The summed E-state index contributed by atoms with van der Waals surface area (Å²) in [6, 6.07) is 10.2. The Morgan fingerprint density at radius 2 is 1.82 bits per heavy atom. The first-order valence-corrected chi connectivity index (χ1v) is 6.07. The van der Waals surface area contributed by atoms with Crippen molar-refractivity contribution in [1.82, 2.24) is 4.98 Å². The number of benzene rings is 1. The Hall–Kier alpha value is -1.70. The summed E-state index contributed by atoms with van der Waals surface area (Å²) in [7, 11) is 0. The number of rotatable bonds is 4. The van der Waals surface area contributed by atoms with Gasteiger partial charge in [0.25, 0.3) is 0 Å². The first-order chi connectivity index (χ1) is 8.22. The third kappa shape index (κ3) is 2.52. The van der Waals surface area contributed by atoms with E-state index in [4.69, 9.17) is 4.74 Å². The summed E-state index contributed by atoms with van der Waals surface area (Å²) in [5.41, 5.74) is 5.00. The molecule has 0 aliphatic rings. The molecule has 1 N–H and O–H groups in total. The van der Waals surface area contributed by atoms with Gasteiger partial charge in [-0.3, -0.25) is 0 Å². The molecule has 2 aromatic rings. The molecule has 0 fully saturated rings. The van der Waals surface area contributed by atoms with Crippen molar-refractivity contribution in [2.45, 2.75) is 33.8 Å². The molecule has 0 aliphatic carbocycles. The van der Waals surface area contributed by atoms with Crippen LogP contribution in [0, 0.1) is 13.8 Å². The Morgan fingerprint density at radius 1 is 1.12 bits per heavy atom. The van der Waals surface area contributed by atoms with Crippen LogP contribution in [-0.2, 0) is 13.0 Å². The molecule has 17 heavy (non-hydrogen) atoms. The maximum atomic E-state index is 5.86. The predicted molar refractivity (Wildman–Crippen MR) is 70.4 cm³/mol. The molecule has 0 aliphatic heterocycles. The fourth-order valence-electron chi connectivity index (χ4n) is 2.01. The maximum absolute atomic E-state index is 5.86. The fourth-order valence-corrected chi connectivity index (χ4v) is 2.01. The molecule has 2 heteroatoms. The van der Waals surface area contributed by atoms with Crippen molar-refractivity contribution in [2.75, 3.05) is 0 Å². The van der Waals surface area contributed by atoms with E-state index >= 15 is 0 Å². The molecule has 0 amide bonds. The second kappa shape index (κ2) is 5.09. The summed E-state index contributed by atoms with van der Waals surface area (Å²) >= 11 is 0. The lowest BCUT2D eigenvalue weighted by atomic mass is 10.1. The summed E-state index contributed by atoms with van der Waals surface area (Å²) in [4.78, 5) is 3.31. The Labute approximate surface area is 103 Å². The van der Waals surface area contributed by atoms with Crippen LogP contribution in [0.4, 0.5) is 0 Å². The molecular formula is C15H19NO. The highest BCUT2D eigenvalue weighted by Crippen LogP contribution is 2.25. The van der Waals surface area contributed by atoms with Gasteiger partial charge < -0.3 is 9.72 Å². The SMILES string of the molecule is CCc1c(OCc2ccccc2)[nH]c(C)c1C. The van der Waals surface area contributed by atoms with Crippen LogP contribution in [0.25, 0.3) is 0 Å². The quantitative estimate of drug-likeness (QED) is 0.848. The Bertz CT molecular complexity index is 485. The Kier molecular flexibility index (Phi) is 3.52. The normalized spacial score (nSPS) is 10.5. The van der Waals surface area contributed by atoms with E-state index in [-0.39, 0.29) is 0 Å². The molecule has 2 nitrogen and oxygen atoms in total. The van der Waals surface area contributed by atoms with Crippen molar-refractivity contribution in [3.8, 4) is 5.88 Å². The highest BCUT2D eigenvalue weighted by Gasteiger charge is 2.10. The van der Waals surface area contributed by atoms with Crippen molar-refractivity contribution in [3.05, 3.63) is 52.7 Å². The van der Waals surface area contributed by atoms with Crippen LogP contribution >= 0.6 is 0 Å². The predicted octanol–water partition coefficient (Wildman–Crippen LogP) is 3.77. The molecule has 0 atom stereocenters. The molecule has 0 spiro atoms. The van der Waals surface area contributed by atoms with E-state index in [1.54, 1.807) is 0 Å². The van der Waals surface area contributed by atoms with Crippen molar-refractivity contribution in [3.63, 3.8) is 0 Å². The number of aryl methyl sites for hydroxylation is 1. The number of hydrogen-bond acceptors (Lipinski definition) is 1. The topological polar surface area (TPSA) is 25.0 Å². The Morgan fingerprint density at radius 3 is 2.47 bits per heavy atom. The second-order valence-electron chi connectivity index (χ2n) is 4.31. The average Bonchev–Trinajstić information content (AvgIpc) is 2.63. The largest absolute Gasteiger partial charge is 0.474 e. The molecule has 2 rings (SSSR count). The molecule has 0 bridgehead atoms. The van der Waals surface area contributed by atoms with E-state index in [1.807, 2.05) is 18.2 Å². The third-order valence-corrected chi connectivity index (χ3v) is 3.17. The van der Waals surface area contributed by atoms with E-state index in [0.717, 1.165) is 12.3 Å². The summed E-state index contributed by atoms with van der Waals surface area (Å²) in [5, 5.41) is 0. The van der Waals surface area contributed by atoms with E-state index in [9.17, 15) is 0 Å². The van der Waals surface area contributed by atoms with Gasteiger partial charge in [0, 0.05) is 11.3 Å². The number of ether oxygens (including phenoxy) is 1. The van der Waals surface area contributed by atoms with Crippen LogP contribution < -0.4 is 4.74 Å². The van der Waals surface area contributed by atoms with Crippen molar-refractivity contribution < 1.29 is 4.74 Å². The lowest BCUT2D eigenvalue weighted by Crippen LogP contribution is -1.97. The van der Waals surface area contributed by atoms with Crippen molar-refractivity contribution in [2.24, 2.45) is 0 Å². The maximum Gasteiger partial charge on any atom is 0.194 e. The number of H-pyrrole nitrogens is 1. The van der Waals surface area contributed by atoms with Gasteiger partial charge in [-0.15, -0.1) is 0 Å². The highest BCUT2D eigenvalue weighted by molar-refractivity contribution is 5.39. The summed E-state index contributed by atoms with van der Waals surface area (Å²) < 4.78 is 5.86. The Balaban J connectivity index is 2.12. The second-order valence-corrected chi connectivity index (χ2v) is 4.31. The summed E-state index contributed by atoms with van der Waals surface area (Å²) in [6.07, 6.45) is 1.00. The molecule has 0 radical (unpaired) electrons. The van der Waals surface area contributed by atoms with Crippen LogP contribution in [0.1, 0.15) is 29.3 Å². The minimum absolute atomic E-state index is 0.618. The lowest BCUT2D eigenvalue weighted by Gasteiger charge is -2.06. The van der Waals surface area contributed by atoms with Crippen LogP contribution in [0.2, 0.25) is 0 Å². The minimum atomic E-state index is 0.618. The molecule has 1 aromatic heterocycles. The molecule has 90 valence electrons. The van der Waals surface area contributed by atoms with Gasteiger partial charge in [-0.2, -0.15) is 0 Å². The van der Waals surface area contributed by atoms with E-state index in [2.05, 4.69) is 37.9 Å². The van der Waals surface area contributed by atoms with Gasteiger partial charge in [0.15, 0.2) is 5.88 Å². The van der Waals surface area contributed by atoms with E-state index in [1.165, 1.54) is 22.4 Å². The van der Waals surface area contributed by atoms with Gasteiger partial charge in [0.1, 0.15) is 6.61 Å². The lowest BCUT2D eigenvalue weighted by molar-refractivity contribution is 0.292. The first-order valence-electron chi connectivity index (χ1n) is 6.07. The average molecular weight is 229 g/mol. The van der Waals surface area contributed by atoms with Gasteiger partial charge in [-0.1, -0.05) is 37.3 Å². The molecule has 0 saturated heterocycles. The van der Waals surface area contributed by atoms with Crippen molar-refractivity contribution >= 4 is 0 Å². The van der Waals surface area contributed by atoms with Crippen LogP contribution in [0.5, 0.6) is 5.88 Å². The number of hydrogen-bond donors (Lipinski definition) is 1. The number of nitrogens with one attached hydrogen (secondary N) is 1. The van der Waals surface area contributed by atoms with E-state index in [0.29, 0.717) is 6.61 Å². The van der Waals surface area contributed by atoms with E-state index < -0.39 is 0 Å². The summed E-state index contributed by atoms with van der Waals surface area (Å²) in [5.74, 6) is 0.923. The monoisotopic (exact) mass is 229 g/mol. The number of aromatic nitrogens is 1. The van der Waals surface area contributed by atoms with Gasteiger partial charge in [0.05, 0.1) is 0 Å². The molecule has 1 aromatic carbocycles. The first kappa shape index (κ1) is 11.8. The number of aromatic amines is 1. The minimum Gasteiger partial charge on any atom is -0.474 e. The van der Waals surface area contributed by atoms with Gasteiger partial charge >= 0.3 is 0 Å². The van der Waals surface area contributed by atoms with Crippen LogP contribution in [-0.4, -0.2) is 4.98 Å². The highest BCUT2D eigenvalue weighted by atomic mass is 16.5. The van der Waals surface area contributed by atoms with Crippen LogP contribution in [0.3, 0.4) is 0 Å². The zero-order valence-electron chi connectivity index (χ0n) is 10.7. The standard InChI is InChI=1S/C15H19NO/c1-4-14-11(2)12(3)16-15(14)17-10-13-8-6-5-7-9-13/h5-9,16H,4,10H2,1-3H3. The zero-order valence-corrected chi connectivity index (χ0v) is 10.7. The van der Waals surface area contributed by atoms with Crippen LogP contribution in [0.15, 0.2) is 30.3 Å². The molecule has 0 unspecified atom stereocenters. The molecule has 0 saturated carbocycles. The third-order valence-electron chi connectivity index (χ3n) is 3.17. The zero-order chi connectivity index (χ0) is 12.3. The molecule has 1 heterocycles. The smallest absolute Gasteiger partial charge is 0.194 e. The van der Waals surface area contributed by atoms with Gasteiger partial charge in [0.2, 0.25) is 0 Å². The van der Waals surface area contributed by atoms with Gasteiger partial charge in [-0.05, 0) is 31.4 Å².